The summed E-state index contributed by atoms with van der Waals surface area (Å²) in [5.41, 5.74) is 4.35. The van der Waals surface area contributed by atoms with Gasteiger partial charge in [-0.05, 0) is 43.4 Å². The molecule has 0 unspecified atom stereocenters. The van der Waals surface area contributed by atoms with Crippen molar-refractivity contribution in [3.8, 4) is 0 Å². The lowest BCUT2D eigenvalue weighted by atomic mass is 10.2. The smallest absolute Gasteiger partial charge is 0.205 e. The Morgan fingerprint density at radius 1 is 0.957 bits per heavy atom. The molecule has 3 aromatic rings. The van der Waals surface area contributed by atoms with Crippen molar-refractivity contribution in [2.75, 3.05) is 43.4 Å². The third-order valence-electron chi connectivity index (χ3n) is 4.39. The zero-order chi connectivity index (χ0) is 15.6. The fourth-order valence-electron chi connectivity index (χ4n) is 2.97. The highest BCUT2D eigenvalue weighted by molar-refractivity contribution is 5.78. The summed E-state index contributed by atoms with van der Waals surface area (Å²) in [4.78, 5) is 12.6. The maximum absolute atomic E-state index is 4.55. The first-order chi connectivity index (χ1) is 11.3. The second-order valence-electron chi connectivity index (χ2n) is 6.06. The van der Waals surface area contributed by atoms with Crippen molar-refractivity contribution < 1.29 is 0 Å². The molecule has 0 bridgehead atoms. The van der Waals surface area contributed by atoms with E-state index >= 15 is 0 Å². The van der Waals surface area contributed by atoms with Crippen molar-refractivity contribution in [2.24, 2.45) is 0 Å². The summed E-state index contributed by atoms with van der Waals surface area (Å²) < 4.78 is 0. The predicted octanol–water partition coefficient (Wildman–Crippen LogP) is 3.06. The van der Waals surface area contributed by atoms with Gasteiger partial charge >= 0.3 is 0 Å². The SMILES string of the molecule is CN1CCN(c2ccc(Nc3nc4ccccc4[nH]3)cc2)CC1. The summed E-state index contributed by atoms with van der Waals surface area (Å²) in [7, 11) is 2.18. The quantitative estimate of drug-likeness (QED) is 0.781. The lowest BCUT2D eigenvalue weighted by molar-refractivity contribution is 0.313. The van der Waals surface area contributed by atoms with Crippen LogP contribution in [0.4, 0.5) is 17.3 Å². The maximum Gasteiger partial charge on any atom is 0.205 e. The topological polar surface area (TPSA) is 47.2 Å². The number of para-hydroxylation sites is 2. The minimum Gasteiger partial charge on any atom is -0.369 e. The van der Waals surface area contributed by atoms with Gasteiger partial charge in [-0.15, -0.1) is 0 Å². The van der Waals surface area contributed by atoms with Crippen molar-refractivity contribution in [3.05, 3.63) is 48.5 Å². The molecule has 1 saturated heterocycles. The van der Waals surface area contributed by atoms with Gasteiger partial charge in [0, 0.05) is 37.6 Å². The van der Waals surface area contributed by atoms with Crippen LogP contribution in [0.15, 0.2) is 48.5 Å². The molecular formula is C18H21N5. The van der Waals surface area contributed by atoms with Gasteiger partial charge in [-0.2, -0.15) is 0 Å². The summed E-state index contributed by atoms with van der Waals surface area (Å²) >= 11 is 0. The monoisotopic (exact) mass is 307 g/mol. The molecule has 1 fully saturated rings. The third-order valence-corrected chi connectivity index (χ3v) is 4.39. The van der Waals surface area contributed by atoms with Gasteiger partial charge in [0.2, 0.25) is 5.95 Å². The lowest BCUT2D eigenvalue weighted by Gasteiger charge is -2.34. The molecule has 0 radical (unpaired) electrons. The molecule has 1 aromatic heterocycles. The third kappa shape index (κ3) is 3.00. The molecule has 5 nitrogen and oxygen atoms in total. The number of nitrogens with zero attached hydrogens (tertiary/aromatic N) is 3. The number of H-pyrrole nitrogens is 1. The van der Waals surface area contributed by atoms with Crippen LogP contribution in [0.5, 0.6) is 0 Å². The molecule has 0 atom stereocenters. The van der Waals surface area contributed by atoms with E-state index in [1.807, 2.05) is 24.3 Å². The minimum atomic E-state index is 0.776. The average molecular weight is 307 g/mol. The number of imidazole rings is 1. The zero-order valence-electron chi connectivity index (χ0n) is 13.3. The van der Waals surface area contributed by atoms with Gasteiger partial charge in [-0.25, -0.2) is 4.98 Å². The van der Waals surface area contributed by atoms with Crippen LogP contribution in [0.2, 0.25) is 0 Å². The van der Waals surface area contributed by atoms with Crippen LogP contribution in [-0.2, 0) is 0 Å². The molecule has 0 saturated carbocycles. The van der Waals surface area contributed by atoms with Crippen molar-refractivity contribution in [2.45, 2.75) is 0 Å². The van der Waals surface area contributed by atoms with Crippen molar-refractivity contribution in [1.29, 1.82) is 0 Å². The summed E-state index contributed by atoms with van der Waals surface area (Å²) in [5, 5.41) is 3.34. The number of likely N-dealkylation sites (N-methyl/N-ethyl adjacent to an activating group) is 1. The van der Waals surface area contributed by atoms with Gasteiger partial charge in [0.15, 0.2) is 0 Å². The number of hydrogen-bond donors (Lipinski definition) is 2. The number of rotatable bonds is 3. The summed E-state index contributed by atoms with van der Waals surface area (Å²) in [6.45, 7) is 4.43. The summed E-state index contributed by atoms with van der Waals surface area (Å²) in [6.07, 6.45) is 0. The van der Waals surface area contributed by atoms with E-state index in [0.29, 0.717) is 0 Å². The van der Waals surface area contributed by atoms with Crippen molar-refractivity contribution in [3.63, 3.8) is 0 Å². The summed E-state index contributed by atoms with van der Waals surface area (Å²) in [6, 6.07) is 16.6. The summed E-state index contributed by atoms with van der Waals surface area (Å²) in [5.74, 6) is 0.776. The number of nitrogens with one attached hydrogen (secondary N) is 2. The highest BCUT2D eigenvalue weighted by Gasteiger charge is 2.14. The van der Waals surface area contributed by atoms with E-state index in [1.165, 1.54) is 5.69 Å². The van der Waals surface area contributed by atoms with Crippen molar-refractivity contribution >= 4 is 28.4 Å². The normalized spacial score (nSPS) is 16.0. The Kier molecular flexibility index (Phi) is 3.63. The number of anilines is 3. The standard InChI is InChI=1S/C18H21N5/c1-22-10-12-23(13-11-22)15-8-6-14(7-9-15)19-18-20-16-4-2-3-5-17(16)21-18/h2-9H,10-13H2,1H3,(H2,19,20,21). The van der Waals surface area contributed by atoms with Gasteiger partial charge in [0.05, 0.1) is 11.0 Å². The molecule has 2 N–H and O–H groups in total. The molecule has 1 aliphatic rings. The Labute approximate surface area is 135 Å². The molecule has 23 heavy (non-hydrogen) atoms. The van der Waals surface area contributed by atoms with E-state index in [1.54, 1.807) is 0 Å². The largest absolute Gasteiger partial charge is 0.369 e. The molecule has 4 rings (SSSR count). The molecule has 2 heterocycles. The van der Waals surface area contributed by atoms with Crippen LogP contribution in [0, 0.1) is 0 Å². The van der Waals surface area contributed by atoms with Crippen LogP contribution in [0.1, 0.15) is 0 Å². The number of piperazine rings is 1. The molecule has 1 aliphatic heterocycles. The minimum absolute atomic E-state index is 0.776. The van der Waals surface area contributed by atoms with E-state index < -0.39 is 0 Å². The van der Waals surface area contributed by atoms with Crippen LogP contribution >= 0.6 is 0 Å². The Hall–Kier alpha value is -2.53. The van der Waals surface area contributed by atoms with Crippen LogP contribution < -0.4 is 10.2 Å². The van der Waals surface area contributed by atoms with Crippen LogP contribution in [-0.4, -0.2) is 48.1 Å². The van der Waals surface area contributed by atoms with Crippen LogP contribution in [0.25, 0.3) is 11.0 Å². The molecule has 0 spiro atoms. The van der Waals surface area contributed by atoms with E-state index in [4.69, 9.17) is 0 Å². The molecule has 0 amide bonds. The Bertz CT molecular complexity index is 752. The number of benzene rings is 2. The second kappa shape index (κ2) is 5.93. The Morgan fingerprint density at radius 3 is 2.43 bits per heavy atom. The van der Waals surface area contributed by atoms with Crippen molar-refractivity contribution in [1.82, 2.24) is 14.9 Å². The fraction of sp³-hybridized carbons (Fsp3) is 0.278. The number of aromatic amines is 1. The maximum atomic E-state index is 4.55. The lowest BCUT2D eigenvalue weighted by Crippen LogP contribution is -2.44. The molecule has 118 valence electrons. The van der Waals surface area contributed by atoms with Gasteiger partial charge in [-0.1, -0.05) is 12.1 Å². The number of aromatic nitrogens is 2. The first-order valence-corrected chi connectivity index (χ1v) is 8.03. The van der Waals surface area contributed by atoms with E-state index in [9.17, 15) is 0 Å². The molecule has 5 heteroatoms. The van der Waals surface area contributed by atoms with E-state index in [0.717, 1.165) is 48.8 Å². The number of hydrogen-bond acceptors (Lipinski definition) is 4. The Morgan fingerprint density at radius 2 is 1.70 bits per heavy atom. The highest BCUT2D eigenvalue weighted by Crippen LogP contribution is 2.22. The van der Waals surface area contributed by atoms with E-state index in [2.05, 4.69) is 56.4 Å². The molecule has 0 aliphatic carbocycles. The average Bonchev–Trinajstić information content (AvgIpc) is 2.98. The Balaban J connectivity index is 1.47. The van der Waals surface area contributed by atoms with Gasteiger partial charge in [0.1, 0.15) is 0 Å². The van der Waals surface area contributed by atoms with E-state index in [-0.39, 0.29) is 0 Å². The highest BCUT2D eigenvalue weighted by atomic mass is 15.2. The second-order valence-corrected chi connectivity index (χ2v) is 6.06. The molecular weight excluding hydrogens is 286 g/mol. The van der Waals surface area contributed by atoms with Gasteiger partial charge in [-0.3, -0.25) is 0 Å². The first-order valence-electron chi connectivity index (χ1n) is 8.03. The molecule has 2 aromatic carbocycles. The zero-order valence-corrected chi connectivity index (χ0v) is 13.3. The predicted molar refractivity (Wildman–Crippen MR) is 95.5 cm³/mol. The van der Waals surface area contributed by atoms with Gasteiger partial charge < -0.3 is 20.1 Å². The van der Waals surface area contributed by atoms with Gasteiger partial charge in [0.25, 0.3) is 0 Å². The number of fused-ring (bicyclic) bond motifs is 1. The fourth-order valence-corrected chi connectivity index (χ4v) is 2.97. The van der Waals surface area contributed by atoms with Crippen LogP contribution in [0.3, 0.4) is 0 Å². The first kappa shape index (κ1) is 14.1.